The first-order chi connectivity index (χ1) is 15.1. The van der Waals surface area contributed by atoms with Crippen molar-refractivity contribution in [1.82, 2.24) is 9.21 Å². The van der Waals surface area contributed by atoms with E-state index in [1.807, 2.05) is 11.9 Å². The highest BCUT2D eigenvalue weighted by Gasteiger charge is 2.42. The number of fused-ring (bicyclic) bond motifs is 1. The second-order valence-corrected chi connectivity index (χ2v) is 9.47. The fourth-order valence-electron chi connectivity index (χ4n) is 3.79. The maximum Gasteiger partial charge on any atom is 0.336 e. The molecule has 4 rings (SSSR count). The van der Waals surface area contributed by atoms with Crippen LogP contribution in [0.3, 0.4) is 0 Å². The predicted molar refractivity (Wildman–Crippen MR) is 109 cm³/mol. The molecule has 0 spiro atoms. The molecule has 2 N–H and O–H groups in total. The summed E-state index contributed by atoms with van der Waals surface area (Å²) >= 11 is 0. The van der Waals surface area contributed by atoms with Gasteiger partial charge in [-0.15, -0.1) is 0 Å². The third-order valence-corrected chi connectivity index (χ3v) is 7.36. The normalized spacial score (nSPS) is 18.8. The number of amides is 3. The van der Waals surface area contributed by atoms with E-state index in [-0.39, 0.29) is 21.8 Å². The first-order valence-corrected chi connectivity index (χ1v) is 11.2. The van der Waals surface area contributed by atoms with Crippen LogP contribution in [0.25, 0.3) is 0 Å². The van der Waals surface area contributed by atoms with Gasteiger partial charge in [0, 0.05) is 23.4 Å². The van der Waals surface area contributed by atoms with E-state index in [0.29, 0.717) is 38.1 Å². The number of halogens is 3. The number of nitrogens with zero attached hydrogens (tertiary/aromatic N) is 2. The Kier molecular flexibility index (Phi) is 5.59. The summed E-state index contributed by atoms with van der Waals surface area (Å²) in [5, 5.41) is 4.74. The topological polar surface area (TPSA) is 98.8 Å². The van der Waals surface area contributed by atoms with E-state index < -0.39 is 45.5 Å². The molecule has 8 nitrogen and oxygen atoms in total. The highest BCUT2D eigenvalue weighted by Crippen LogP contribution is 2.34. The summed E-state index contributed by atoms with van der Waals surface area (Å²) < 4.78 is 67.2. The molecule has 2 aromatic carbocycles. The molecule has 1 fully saturated rings. The van der Waals surface area contributed by atoms with E-state index in [9.17, 15) is 31.2 Å². The van der Waals surface area contributed by atoms with Gasteiger partial charge in [-0.1, -0.05) is 0 Å². The molecule has 1 saturated heterocycles. The molecule has 3 amide bonds. The molecule has 32 heavy (non-hydrogen) atoms. The zero-order chi connectivity index (χ0) is 23.2. The van der Waals surface area contributed by atoms with Crippen LogP contribution in [0.2, 0.25) is 0 Å². The SMILES string of the molecule is CN1CCC(N2C(=O)Nc3ccc(C(=O)Nc4cc(F)c(F)c(F)c4)cc3S2(=O)=O)CC1. The number of hydrogen-bond acceptors (Lipinski definition) is 5. The summed E-state index contributed by atoms with van der Waals surface area (Å²) in [6.07, 6.45) is 0.945. The predicted octanol–water partition coefficient (Wildman–Crippen LogP) is 2.99. The molecule has 0 saturated carbocycles. The Morgan fingerprint density at radius 1 is 1.09 bits per heavy atom. The number of rotatable bonds is 3. The van der Waals surface area contributed by atoms with Crippen molar-refractivity contribution in [2.75, 3.05) is 30.8 Å². The number of anilines is 2. The van der Waals surface area contributed by atoms with Crippen LogP contribution in [0.5, 0.6) is 0 Å². The number of urea groups is 1. The Morgan fingerprint density at radius 2 is 1.72 bits per heavy atom. The maximum atomic E-state index is 13.4. The molecule has 0 aromatic heterocycles. The molecule has 2 aliphatic rings. The zero-order valence-corrected chi connectivity index (χ0v) is 17.7. The van der Waals surface area contributed by atoms with E-state index in [1.165, 1.54) is 12.1 Å². The molecule has 2 aliphatic heterocycles. The second kappa shape index (κ2) is 8.10. The number of nitrogens with one attached hydrogen (secondary N) is 2. The van der Waals surface area contributed by atoms with Gasteiger partial charge >= 0.3 is 6.03 Å². The van der Waals surface area contributed by atoms with Gasteiger partial charge < -0.3 is 15.5 Å². The van der Waals surface area contributed by atoms with Crippen molar-refractivity contribution in [2.24, 2.45) is 0 Å². The van der Waals surface area contributed by atoms with Gasteiger partial charge in [-0.25, -0.2) is 30.7 Å². The van der Waals surface area contributed by atoms with E-state index >= 15 is 0 Å². The number of benzene rings is 2. The maximum absolute atomic E-state index is 13.4. The Morgan fingerprint density at radius 3 is 2.34 bits per heavy atom. The van der Waals surface area contributed by atoms with Gasteiger partial charge in [0.15, 0.2) is 17.5 Å². The lowest BCUT2D eigenvalue weighted by Gasteiger charge is -2.38. The molecule has 170 valence electrons. The lowest BCUT2D eigenvalue weighted by atomic mass is 10.1. The molecular formula is C20H19F3N4O4S. The molecule has 0 aliphatic carbocycles. The molecular weight excluding hydrogens is 449 g/mol. The van der Waals surface area contributed by atoms with Crippen LogP contribution >= 0.6 is 0 Å². The molecule has 0 atom stereocenters. The summed E-state index contributed by atoms with van der Waals surface area (Å²) in [5.41, 5.74) is -0.445. The minimum absolute atomic E-state index is 0.0228. The number of sulfonamides is 1. The fraction of sp³-hybridized carbons (Fsp3) is 0.300. The van der Waals surface area contributed by atoms with Gasteiger partial charge in [-0.2, -0.15) is 0 Å². The highest BCUT2D eigenvalue weighted by molar-refractivity contribution is 7.90. The lowest BCUT2D eigenvalue weighted by Crippen LogP contribution is -2.52. The number of likely N-dealkylation sites (tertiary alicyclic amines) is 1. The first-order valence-electron chi connectivity index (χ1n) is 9.72. The summed E-state index contributed by atoms with van der Waals surface area (Å²) in [6, 6.07) is 3.52. The third kappa shape index (κ3) is 3.91. The van der Waals surface area contributed by atoms with Crippen molar-refractivity contribution in [3.63, 3.8) is 0 Å². The fourth-order valence-corrected chi connectivity index (χ4v) is 5.54. The van der Waals surface area contributed by atoms with Gasteiger partial charge in [0.25, 0.3) is 15.9 Å². The van der Waals surface area contributed by atoms with Crippen LogP contribution in [-0.2, 0) is 10.0 Å². The Balaban J connectivity index is 1.63. The number of hydrogen-bond donors (Lipinski definition) is 2. The van der Waals surface area contributed by atoms with Gasteiger partial charge in [-0.3, -0.25) is 4.79 Å². The largest absolute Gasteiger partial charge is 0.336 e. The first kappa shape index (κ1) is 22.1. The quantitative estimate of drug-likeness (QED) is 0.675. The van der Waals surface area contributed by atoms with E-state index in [4.69, 9.17) is 0 Å². The van der Waals surface area contributed by atoms with Gasteiger partial charge in [0.2, 0.25) is 0 Å². The van der Waals surface area contributed by atoms with Crippen molar-refractivity contribution < 1.29 is 31.2 Å². The van der Waals surface area contributed by atoms with Crippen LogP contribution in [0.1, 0.15) is 23.2 Å². The van der Waals surface area contributed by atoms with Crippen molar-refractivity contribution in [1.29, 1.82) is 0 Å². The van der Waals surface area contributed by atoms with Gasteiger partial charge in [0.05, 0.1) is 11.7 Å². The lowest BCUT2D eigenvalue weighted by molar-refractivity contribution is 0.102. The van der Waals surface area contributed by atoms with Gasteiger partial charge in [-0.05, 0) is 51.2 Å². The summed E-state index contributed by atoms with van der Waals surface area (Å²) in [5.74, 6) is -5.50. The van der Waals surface area contributed by atoms with E-state index in [2.05, 4.69) is 10.6 Å². The third-order valence-electron chi connectivity index (χ3n) is 5.48. The number of piperidine rings is 1. The second-order valence-electron chi connectivity index (χ2n) is 7.68. The summed E-state index contributed by atoms with van der Waals surface area (Å²) in [6.45, 7) is 1.26. The molecule has 12 heteroatoms. The van der Waals surface area contributed by atoms with Crippen LogP contribution in [-0.4, -0.2) is 55.7 Å². The van der Waals surface area contributed by atoms with E-state index in [1.54, 1.807) is 0 Å². The van der Waals surface area contributed by atoms with Crippen molar-refractivity contribution in [3.05, 3.63) is 53.3 Å². The molecule has 2 heterocycles. The van der Waals surface area contributed by atoms with Crippen molar-refractivity contribution in [3.8, 4) is 0 Å². The molecule has 0 bridgehead atoms. The average Bonchev–Trinajstić information content (AvgIpc) is 2.73. The highest BCUT2D eigenvalue weighted by atomic mass is 32.2. The summed E-state index contributed by atoms with van der Waals surface area (Å²) in [4.78, 5) is 26.9. The number of carbonyl (C=O) groups is 2. The van der Waals surface area contributed by atoms with Crippen LogP contribution in [0.15, 0.2) is 35.2 Å². The van der Waals surface area contributed by atoms with Crippen LogP contribution < -0.4 is 10.6 Å². The van der Waals surface area contributed by atoms with Gasteiger partial charge in [0.1, 0.15) is 4.90 Å². The van der Waals surface area contributed by atoms with Crippen molar-refractivity contribution in [2.45, 2.75) is 23.8 Å². The molecule has 2 aromatic rings. The van der Waals surface area contributed by atoms with Crippen LogP contribution in [0, 0.1) is 17.5 Å². The minimum atomic E-state index is -4.24. The standard InChI is InChI=1S/C20H19F3N4O4S/c1-26-6-4-13(5-7-26)27-20(29)25-16-3-2-11(8-17(16)32(27,30)31)19(28)24-12-9-14(21)18(23)15(22)10-12/h2-3,8-10,13H,4-7H2,1H3,(H,24,28)(H,25,29). The Bertz CT molecular complexity index is 1190. The van der Waals surface area contributed by atoms with Crippen LogP contribution in [0.4, 0.5) is 29.3 Å². The Hall–Kier alpha value is -3.12. The number of carbonyl (C=O) groups excluding carboxylic acids is 2. The molecule has 0 radical (unpaired) electrons. The Labute approximate surface area is 182 Å². The zero-order valence-electron chi connectivity index (χ0n) is 16.9. The van der Waals surface area contributed by atoms with E-state index in [0.717, 1.165) is 10.4 Å². The average molecular weight is 468 g/mol. The summed E-state index contributed by atoms with van der Waals surface area (Å²) in [7, 11) is -2.34. The smallest absolute Gasteiger partial charge is 0.322 e. The minimum Gasteiger partial charge on any atom is -0.322 e. The monoisotopic (exact) mass is 468 g/mol. The van der Waals surface area contributed by atoms with Crippen molar-refractivity contribution >= 4 is 33.3 Å². The molecule has 0 unspecified atom stereocenters.